The Morgan fingerprint density at radius 1 is 1.20 bits per heavy atom. The molecule has 4 heterocycles. The van der Waals surface area contributed by atoms with E-state index in [1.807, 2.05) is 24.5 Å². The van der Waals surface area contributed by atoms with Crippen LogP contribution in [0.1, 0.15) is 30.4 Å². The van der Waals surface area contributed by atoms with Crippen LogP contribution in [0.15, 0.2) is 41.4 Å². The molecule has 134 valence electrons. The van der Waals surface area contributed by atoms with Crippen molar-refractivity contribution >= 4 is 11.3 Å². The van der Waals surface area contributed by atoms with Gasteiger partial charge in [0.15, 0.2) is 0 Å². The number of pyridine rings is 1. The van der Waals surface area contributed by atoms with Crippen molar-refractivity contribution in [1.82, 2.24) is 9.88 Å². The van der Waals surface area contributed by atoms with E-state index in [1.54, 1.807) is 11.3 Å². The summed E-state index contributed by atoms with van der Waals surface area (Å²) < 4.78 is 11.9. The molecular formula is C20H26N2O2S. The monoisotopic (exact) mass is 358 g/mol. The molecule has 0 radical (unpaired) electrons. The fourth-order valence-electron chi connectivity index (χ4n) is 3.96. The van der Waals surface area contributed by atoms with Gasteiger partial charge in [-0.25, -0.2) is 0 Å². The number of hydrogen-bond donors (Lipinski definition) is 0. The zero-order valence-corrected chi connectivity index (χ0v) is 15.4. The van der Waals surface area contributed by atoms with E-state index in [-0.39, 0.29) is 6.10 Å². The molecular weight excluding hydrogens is 332 g/mol. The zero-order chi connectivity index (χ0) is 17.0. The summed E-state index contributed by atoms with van der Waals surface area (Å²) in [7, 11) is 0. The molecule has 0 N–H and O–H groups in total. The van der Waals surface area contributed by atoms with Crippen LogP contribution in [0.5, 0.6) is 0 Å². The van der Waals surface area contributed by atoms with E-state index in [0.29, 0.717) is 18.6 Å². The number of nitrogens with zero attached hydrogens (tertiary/aromatic N) is 2. The zero-order valence-electron chi connectivity index (χ0n) is 14.6. The van der Waals surface area contributed by atoms with Crippen molar-refractivity contribution in [1.29, 1.82) is 0 Å². The minimum atomic E-state index is 0.255. The van der Waals surface area contributed by atoms with Gasteiger partial charge < -0.3 is 9.47 Å². The second kappa shape index (κ2) is 7.96. The van der Waals surface area contributed by atoms with Gasteiger partial charge in [-0.3, -0.25) is 9.88 Å². The van der Waals surface area contributed by atoms with Crippen molar-refractivity contribution in [2.45, 2.75) is 38.5 Å². The van der Waals surface area contributed by atoms with Crippen LogP contribution in [0.25, 0.3) is 0 Å². The number of aromatic nitrogens is 1. The lowest BCUT2D eigenvalue weighted by Gasteiger charge is -2.38. The molecule has 2 aliphatic rings. The van der Waals surface area contributed by atoms with Crippen LogP contribution in [0.3, 0.4) is 0 Å². The van der Waals surface area contributed by atoms with Crippen molar-refractivity contribution in [3.05, 3.63) is 52.5 Å². The van der Waals surface area contributed by atoms with Crippen molar-refractivity contribution in [3.8, 4) is 0 Å². The van der Waals surface area contributed by atoms with E-state index in [4.69, 9.17) is 9.47 Å². The minimum Gasteiger partial charge on any atom is -0.375 e. The van der Waals surface area contributed by atoms with Crippen LogP contribution < -0.4 is 0 Å². The minimum absolute atomic E-state index is 0.255. The Kier molecular flexibility index (Phi) is 5.46. The summed E-state index contributed by atoms with van der Waals surface area (Å²) in [5, 5.41) is 4.43. The average molecular weight is 359 g/mol. The average Bonchev–Trinajstić information content (AvgIpc) is 3.29. The van der Waals surface area contributed by atoms with Gasteiger partial charge >= 0.3 is 0 Å². The molecule has 0 bridgehead atoms. The molecule has 2 aromatic heterocycles. The second-order valence-electron chi connectivity index (χ2n) is 7.42. The summed E-state index contributed by atoms with van der Waals surface area (Å²) in [5.74, 6) is 0. The van der Waals surface area contributed by atoms with E-state index in [2.05, 4.69) is 26.7 Å². The van der Waals surface area contributed by atoms with Crippen LogP contribution in [0, 0.1) is 5.41 Å². The van der Waals surface area contributed by atoms with E-state index in [9.17, 15) is 0 Å². The van der Waals surface area contributed by atoms with E-state index in [0.717, 1.165) is 19.6 Å². The number of piperidine rings is 1. The van der Waals surface area contributed by atoms with Crippen molar-refractivity contribution in [3.63, 3.8) is 0 Å². The van der Waals surface area contributed by atoms with Crippen LogP contribution >= 0.6 is 11.3 Å². The molecule has 0 aromatic carbocycles. The topological polar surface area (TPSA) is 34.6 Å². The van der Waals surface area contributed by atoms with Crippen molar-refractivity contribution in [2.75, 3.05) is 26.3 Å². The molecule has 0 saturated carbocycles. The van der Waals surface area contributed by atoms with Gasteiger partial charge in [0.2, 0.25) is 0 Å². The molecule has 4 rings (SSSR count). The lowest BCUT2D eigenvalue weighted by molar-refractivity contribution is 0.00633. The van der Waals surface area contributed by atoms with Crippen molar-refractivity contribution in [2.24, 2.45) is 5.41 Å². The molecule has 0 aliphatic carbocycles. The maximum atomic E-state index is 6.07. The number of thiophene rings is 1. The lowest BCUT2D eigenvalue weighted by atomic mass is 9.76. The fraction of sp³-hybridized carbons (Fsp3) is 0.550. The van der Waals surface area contributed by atoms with Gasteiger partial charge in [-0.05, 0) is 77.9 Å². The smallest absolute Gasteiger partial charge is 0.0815 e. The Hall–Kier alpha value is -1.27. The first-order valence-electron chi connectivity index (χ1n) is 9.13. The molecule has 2 aromatic rings. The van der Waals surface area contributed by atoms with Crippen LogP contribution in [0.2, 0.25) is 0 Å². The fourth-order valence-corrected chi connectivity index (χ4v) is 4.62. The van der Waals surface area contributed by atoms with E-state index in [1.165, 1.54) is 37.1 Å². The molecule has 2 saturated heterocycles. The highest BCUT2D eigenvalue weighted by Gasteiger charge is 2.42. The summed E-state index contributed by atoms with van der Waals surface area (Å²) >= 11 is 1.79. The third-order valence-corrected chi connectivity index (χ3v) is 6.24. The SMILES string of the molecule is c1cc(COCC2CC3(CCN(Cc4ccsc4)CC3)CO2)ccn1. The van der Waals surface area contributed by atoms with Crippen LogP contribution in [-0.4, -0.2) is 42.3 Å². The predicted molar refractivity (Wildman–Crippen MR) is 99.5 cm³/mol. The molecule has 1 unspecified atom stereocenters. The summed E-state index contributed by atoms with van der Waals surface area (Å²) in [4.78, 5) is 6.62. The molecule has 4 nitrogen and oxygen atoms in total. The summed E-state index contributed by atoms with van der Waals surface area (Å²) in [6, 6.07) is 6.24. The van der Waals surface area contributed by atoms with Gasteiger partial charge in [0.25, 0.3) is 0 Å². The normalized spacial score (nSPS) is 23.3. The Balaban J connectivity index is 1.20. The van der Waals surface area contributed by atoms with Crippen LogP contribution in [-0.2, 0) is 22.6 Å². The Labute approximate surface area is 153 Å². The summed E-state index contributed by atoms with van der Waals surface area (Å²) in [5.41, 5.74) is 3.01. The Morgan fingerprint density at radius 2 is 2.04 bits per heavy atom. The van der Waals surface area contributed by atoms with Gasteiger partial charge in [-0.2, -0.15) is 11.3 Å². The second-order valence-corrected chi connectivity index (χ2v) is 8.20. The van der Waals surface area contributed by atoms with Crippen molar-refractivity contribution < 1.29 is 9.47 Å². The van der Waals surface area contributed by atoms with Gasteiger partial charge in [0, 0.05) is 18.9 Å². The first-order chi connectivity index (χ1) is 12.3. The molecule has 5 heteroatoms. The number of hydrogen-bond acceptors (Lipinski definition) is 5. The molecule has 1 atom stereocenters. The van der Waals surface area contributed by atoms with E-state index < -0.39 is 0 Å². The Morgan fingerprint density at radius 3 is 2.80 bits per heavy atom. The number of ether oxygens (including phenoxy) is 2. The standard InChI is InChI=1S/C20H26N2O2S/c1-6-21-7-2-17(1)13-23-14-19-11-20(16-24-19)4-8-22(9-5-20)12-18-3-10-25-15-18/h1-3,6-7,10,15,19H,4-5,8-9,11-14,16H2. The highest BCUT2D eigenvalue weighted by atomic mass is 32.1. The maximum Gasteiger partial charge on any atom is 0.0815 e. The summed E-state index contributed by atoms with van der Waals surface area (Å²) in [6.07, 6.45) is 7.52. The van der Waals surface area contributed by atoms with Gasteiger partial charge in [0.1, 0.15) is 0 Å². The highest BCUT2D eigenvalue weighted by molar-refractivity contribution is 7.07. The number of likely N-dealkylation sites (tertiary alicyclic amines) is 1. The predicted octanol–water partition coefficient (Wildman–Crippen LogP) is 3.73. The van der Waals surface area contributed by atoms with Gasteiger partial charge in [0.05, 0.1) is 25.9 Å². The van der Waals surface area contributed by atoms with E-state index >= 15 is 0 Å². The quantitative estimate of drug-likeness (QED) is 0.788. The highest BCUT2D eigenvalue weighted by Crippen LogP contribution is 2.42. The van der Waals surface area contributed by atoms with Gasteiger partial charge in [-0.15, -0.1) is 0 Å². The maximum absolute atomic E-state index is 6.07. The molecule has 1 spiro atoms. The molecule has 25 heavy (non-hydrogen) atoms. The molecule has 0 amide bonds. The molecule has 2 aliphatic heterocycles. The largest absolute Gasteiger partial charge is 0.375 e. The first kappa shape index (κ1) is 17.2. The Bertz CT molecular complexity index is 639. The van der Waals surface area contributed by atoms with Gasteiger partial charge in [-0.1, -0.05) is 0 Å². The van der Waals surface area contributed by atoms with Crippen LogP contribution in [0.4, 0.5) is 0 Å². The lowest BCUT2D eigenvalue weighted by Crippen LogP contribution is -2.40. The number of rotatable bonds is 6. The summed E-state index contributed by atoms with van der Waals surface area (Å²) in [6.45, 7) is 5.71. The first-order valence-corrected chi connectivity index (χ1v) is 10.1. The molecule has 2 fully saturated rings. The third kappa shape index (κ3) is 4.47. The third-order valence-electron chi connectivity index (χ3n) is 5.51.